The van der Waals surface area contributed by atoms with Gasteiger partial charge in [-0.1, -0.05) is 39.0 Å². The first kappa shape index (κ1) is 20.8. The number of thiazole rings is 1. The average molecular weight is 469 g/mol. The average Bonchev–Trinajstić information content (AvgIpc) is 3.58. The molecule has 0 atom stereocenters. The number of aryl methyl sites for hydroxylation is 1. The topological polar surface area (TPSA) is 85.4 Å². The Morgan fingerprint density at radius 3 is 2.74 bits per heavy atom. The number of benzene rings is 2. The zero-order valence-electron chi connectivity index (χ0n) is 19.5. The minimum atomic E-state index is 0.0200. The van der Waals surface area contributed by atoms with E-state index in [1.807, 2.05) is 6.07 Å². The zero-order valence-corrected chi connectivity index (χ0v) is 20.3. The van der Waals surface area contributed by atoms with Crippen LogP contribution in [-0.4, -0.2) is 30.2 Å². The lowest BCUT2D eigenvalue weighted by Gasteiger charge is -2.13. The van der Waals surface area contributed by atoms with Gasteiger partial charge in [0, 0.05) is 45.4 Å². The van der Waals surface area contributed by atoms with Crippen molar-refractivity contribution >= 4 is 33.2 Å². The molecule has 8 heteroatoms. The van der Waals surface area contributed by atoms with Crippen LogP contribution in [0.1, 0.15) is 37.6 Å². The van der Waals surface area contributed by atoms with Gasteiger partial charge in [0.05, 0.1) is 5.69 Å². The molecule has 0 aliphatic carbocycles. The molecule has 2 aromatic carbocycles. The van der Waals surface area contributed by atoms with Crippen molar-refractivity contribution in [3.05, 3.63) is 70.9 Å². The van der Waals surface area contributed by atoms with Gasteiger partial charge in [-0.25, -0.2) is 4.98 Å². The number of H-pyrrole nitrogens is 1. The summed E-state index contributed by atoms with van der Waals surface area (Å²) in [6.45, 7) is 9.35. The van der Waals surface area contributed by atoms with Gasteiger partial charge >= 0.3 is 0 Å². The molecular formula is C26H24N6OS. The van der Waals surface area contributed by atoms with Gasteiger partial charge in [-0.3, -0.25) is 0 Å². The monoisotopic (exact) mass is 468 g/mol. The maximum Gasteiger partial charge on any atom is 0.206 e. The molecule has 0 spiro atoms. The summed E-state index contributed by atoms with van der Waals surface area (Å²) in [6.07, 6.45) is 2.10. The first-order valence-electron chi connectivity index (χ1n) is 11.2. The van der Waals surface area contributed by atoms with Gasteiger partial charge in [-0.2, -0.15) is 5.21 Å². The summed E-state index contributed by atoms with van der Waals surface area (Å²) >= 11 is 1.63. The Hall–Kier alpha value is -3.78. The number of hydrogen-bond acceptors (Lipinski definition) is 6. The van der Waals surface area contributed by atoms with Crippen LogP contribution in [0.25, 0.3) is 44.0 Å². The number of nitrogens with one attached hydrogen (secondary N) is 1. The Bertz CT molecular complexity index is 1630. The van der Waals surface area contributed by atoms with Crippen molar-refractivity contribution in [2.75, 3.05) is 0 Å². The Morgan fingerprint density at radius 1 is 1.09 bits per heavy atom. The van der Waals surface area contributed by atoms with Crippen molar-refractivity contribution in [1.29, 1.82) is 0 Å². The first-order chi connectivity index (χ1) is 16.3. The Labute approximate surface area is 200 Å². The van der Waals surface area contributed by atoms with E-state index in [0.717, 1.165) is 50.4 Å². The minimum Gasteiger partial charge on any atom is -0.454 e. The number of aromatic amines is 1. The van der Waals surface area contributed by atoms with Crippen LogP contribution in [0, 0.1) is 6.92 Å². The van der Waals surface area contributed by atoms with E-state index < -0.39 is 0 Å². The molecule has 34 heavy (non-hydrogen) atoms. The number of aromatic nitrogens is 6. The first-order valence-corrected chi connectivity index (χ1v) is 12.1. The number of furan rings is 1. The largest absolute Gasteiger partial charge is 0.454 e. The Balaban J connectivity index is 1.37. The summed E-state index contributed by atoms with van der Waals surface area (Å²) in [5.74, 6) is 1.41. The van der Waals surface area contributed by atoms with Gasteiger partial charge in [0.2, 0.25) is 5.82 Å². The number of rotatable bonds is 4. The molecular weight excluding hydrogens is 444 g/mol. The Morgan fingerprint density at radius 2 is 1.97 bits per heavy atom. The van der Waals surface area contributed by atoms with E-state index in [1.165, 1.54) is 11.1 Å². The van der Waals surface area contributed by atoms with E-state index in [1.54, 1.807) is 11.3 Å². The van der Waals surface area contributed by atoms with Crippen LogP contribution in [0.15, 0.2) is 58.5 Å². The van der Waals surface area contributed by atoms with Crippen LogP contribution in [-0.2, 0) is 12.0 Å². The third-order valence-corrected chi connectivity index (χ3v) is 6.90. The molecule has 7 nitrogen and oxygen atoms in total. The fourth-order valence-corrected chi connectivity index (χ4v) is 5.21. The lowest BCUT2D eigenvalue weighted by atomic mass is 9.93. The maximum absolute atomic E-state index is 6.14. The summed E-state index contributed by atoms with van der Waals surface area (Å²) in [4.78, 5) is 4.81. The predicted molar refractivity (Wildman–Crippen MR) is 135 cm³/mol. The molecule has 0 amide bonds. The third kappa shape index (κ3) is 3.60. The van der Waals surface area contributed by atoms with Crippen molar-refractivity contribution in [2.24, 2.45) is 0 Å². The zero-order chi connectivity index (χ0) is 23.4. The predicted octanol–water partition coefficient (Wildman–Crippen LogP) is 6.35. The van der Waals surface area contributed by atoms with E-state index >= 15 is 0 Å². The van der Waals surface area contributed by atoms with Crippen LogP contribution in [0.4, 0.5) is 0 Å². The van der Waals surface area contributed by atoms with Gasteiger partial charge in [0.25, 0.3) is 0 Å². The van der Waals surface area contributed by atoms with Gasteiger partial charge in [0.15, 0.2) is 10.8 Å². The van der Waals surface area contributed by atoms with Crippen molar-refractivity contribution in [3.63, 3.8) is 0 Å². The second-order valence-corrected chi connectivity index (χ2v) is 10.6. The van der Waals surface area contributed by atoms with E-state index in [4.69, 9.17) is 9.40 Å². The summed E-state index contributed by atoms with van der Waals surface area (Å²) < 4.78 is 8.38. The second kappa shape index (κ2) is 7.63. The molecule has 1 N–H and O–H groups in total. The quantitative estimate of drug-likeness (QED) is 0.326. The molecule has 0 saturated carbocycles. The van der Waals surface area contributed by atoms with Crippen LogP contribution in [0.3, 0.4) is 0 Å². The van der Waals surface area contributed by atoms with E-state index in [9.17, 15) is 0 Å². The number of nitrogens with zero attached hydrogens (tertiary/aromatic N) is 5. The number of fused-ring (bicyclic) bond motifs is 2. The highest BCUT2D eigenvalue weighted by Gasteiger charge is 2.20. The normalized spacial score (nSPS) is 12.2. The van der Waals surface area contributed by atoms with Gasteiger partial charge < -0.3 is 8.98 Å². The maximum atomic E-state index is 6.14. The molecule has 4 aromatic heterocycles. The number of hydrogen-bond donors (Lipinski definition) is 1. The van der Waals surface area contributed by atoms with Crippen LogP contribution in [0.2, 0.25) is 0 Å². The molecule has 4 heterocycles. The molecule has 0 fully saturated rings. The second-order valence-electron chi connectivity index (χ2n) is 9.70. The summed E-state index contributed by atoms with van der Waals surface area (Å²) in [7, 11) is 0. The molecule has 170 valence electrons. The molecule has 6 aromatic rings. The highest BCUT2D eigenvalue weighted by Crippen LogP contribution is 2.34. The molecule has 6 rings (SSSR count). The molecule has 0 unspecified atom stereocenters. The van der Waals surface area contributed by atoms with E-state index in [0.29, 0.717) is 5.82 Å². The molecule has 0 bridgehead atoms. The Kier molecular flexibility index (Phi) is 4.67. The van der Waals surface area contributed by atoms with Crippen molar-refractivity contribution in [1.82, 2.24) is 30.2 Å². The van der Waals surface area contributed by atoms with Crippen molar-refractivity contribution < 1.29 is 4.42 Å². The minimum absolute atomic E-state index is 0.0200. The standard InChI is InChI=1S/C26H24N6OS/c1-15-5-7-18-19(24-28-30-31-29-24)13-32(20(18)9-15)12-16-6-8-21-17(10-16)11-22(33-21)25-27-23(14-34-25)26(2,3)4/h5-11,13-14H,12H2,1-4H3,(H,28,29,30,31). The summed E-state index contributed by atoms with van der Waals surface area (Å²) in [5, 5.41) is 19.9. The highest BCUT2D eigenvalue weighted by atomic mass is 32.1. The van der Waals surface area contributed by atoms with Crippen LogP contribution < -0.4 is 0 Å². The fourth-order valence-electron chi connectivity index (χ4n) is 4.21. The third-order valence-electron chi connectivity index (χ3n) is 6.04. The molecule has 0 radical (unpaired) electrons. The lowest BCUT2D eigenvalue weighted by Crippen LogP contribution is -2.11. The van der Waals surface area contributed by atoms with Crippen molar-refractivity contribution in [3.8, 4) is 22.2 Å². The van der Waals surface area contributed by atoms with Crippen LogP contribution >= 0.6 is 11.3 Å². The van der Waals surface area contributed by atoms with E-state index in [-0.39, 0.29) is 5.41 Å². The van der Waals surface area contributed by atoms with E-state index in [2.05, 4.69) is 101 Å². The number of tetrazole rings is 1. The highest BCUT2D eigenvalue weighted by molar-refractivity contribution is 7.13. The summed E-state index contributed by atoms with van der Waals surface area (Å²) in [5.41, 5.74) is 6.48. The smallest absolute Gasteiger partial charge is 0.206 e. The van der Waals surface area contributed by atoms with Crippen LogP contribution in [0.5, 0.6) is 0 Å². The molecule has 0 aliphatic rings. The lowest BCUT2D eigenvalue weighted by molar-refractivity contribution is 0.571. The molecule has 0 saturated heterocycles. The molecule has 0 aliphatic heterocycles. The van der Waals surface area contributed by atoms with Crippen molar-refractivity contribution in [2.45, 2.75) is 39.7 Å². The fraction of sp³-hybridized carbons (Fsp3) is 0.231. The van der Waals surface area contributed by atoms with Gasteiger partial charge in [-0.05, 0) is 47.5 Å². The van der Waals surface area contributed by atoms with Gasteiger partial charge in [-0.15, -0.1) is 21.5 Å². The van der Waals surface area contributed by atoms with Gasteiger partial charge in [0.1, 0.15) is 5.58 Å². The summed E-state index contributed by atoms with van der Waals surface area (Å²) in [6, 6.07) is 14.9. The SMILES string of the molecule is Cc1ccc2c(-c3nn[nH]n3)cn(Cc3ccc4oc(-c5nc(C(C)(C)C)cs5)cc4c3)c2c1.